The van der Waals surface area contributed by atoms with E-state index in [4.69, 9.17) is 4.74 Å². The van der Waals surface area contributed by atoms with Gasteiger partial charge in [-0.05, 0) is 43.0 Å². The van der Waals surface area contributed by atoms with Crippen molar-refractivity contribution < 1.29 is 9.84 Å². The van der Waals surface area contributed by atoms with E-state index in [-0.39, 0.29) is 6.61 Å². The summed E-state index contributed by atoms with van der Waals surface area (Å²) in [5.74, 6) is 1.60. The summed E-state index contributed by atoms with van der Waals surface area (Å²) in [6, 6.07) is 12.0. The Morgan fingerprint density at radius 1 is 1.28 bits per heavy atom. The van der Waals surface area contributed by atoms with Crippen molar-refractivity contribution in [1.29, 1.82) is 5.26 Å². The minimum absolute atomic E-state index is 0.212. The van der Waals surface area contributed by atoms with Crippen LogP contribution >= 0.6 is 11.8 Å². The van der Waals surface area contributed by atoms with E-state index in [9.17, 15) is 10.4 Å². The lowest BCUT2D eigenvalue weighted by atomic mass is 10.0. The van der Waals surface area contributed by atoms with Crippen molar-refractivity contribution in [3.8, 4) is 11.8 Å². The standard InChI is InChI=1S/C20H24N2O2S/c1-13(2)17-7-5-6-8-19(17)24-11-16(23)12-25-20-18(10-21)14(3)9-15(4)22-20/h5-9,13,16,23H,11-12H2,1-4H3. The van der Waals surface area contributed by atoms with Crippen LogP contribution in [0.3, 0.4) is 0 Å². The first-order valence-corrected chi connectivity index (χ1v) is 9.31. The molecule has 5 heteroatoms. The van der Waals surface area contributed by atoms with Crippen molar-refractivity contribution in [2.45, 2.75) is 44.7 Å². The van der Waals surface area contributed by atoms with Crippen LogP contribution in [-0.4, -0.2) is 28.6 Å². The summed E-state index contributed by atoms with van der Waals surface area (Å²) in [7, 11) is 0. The van der Waals surface area contributed by atoms with Crippen LogP contribution in [0.2, 0.25) is 0 Å². The fourth-order valence-corrected chi connectivity index (χ4v) is 3.55. The number of aliphatic hydroxyl groups excluding tert-OH is 1. The molecule has 1 unspecified atom stereocenters. The second-order valence-electron chi connectivity index (χ2n) is 6.34. The highest BCUT2D eigenvalue weighted by Crippen LogP contribution is 2.27. The van der Waals surface area contributed by atoms with Gasteiger partial charge in [0.25, 0.3) is 0 Å². The summed E-state index contributed by atoms with van der Waals surface area (Å²) >= 11 is 1.39. The molecule has 4 nitrogen and oxygen atoms in total. The number of aromatic nitrogens is 1. The number of rotatable bonds is 7. The Morgan fingerprint density at radius 2 is 2.00 bits per heavy atom. The van der Waals surface area contributed by atoms with Crippen LogP contribution in [-0.2, 0) is 0 Å². The molecule has 1 N–H and O–H groups in total. The van der Waals surface area contributed by atoms with E-state index in [1.54, 1.807) is 0 Å². The van der Waals surface area contributed by atoms with E-state index < -0.39 is 6.10 Å². The lowest BCUT2D eigenvalue weighted by Gasteiger charge is -2.16. The molecule has 1 aromatic heterocycles. The summed E-state index contributed by atoms with van der Waals surface area (Å²) in [5.41, 5.74) is 3.49. The number of hydrogen-bond acceptors (Lipinski definition) is 5. The van der Waals surface area contributed by atoms with Gasteiger partial charge in [-0.2, -0.15) is 5.26 Å². The average Bonchev–Trinajstić information content (AvgIpc) is 2.57. The normalized spacial score (nSPS) is 12.0. The molecular weight excluding hydrogens is 332 g/mol. The molecule has 25 heavy (non-hydrogen) atoms. The van der Waals surface area contributed by atoms with E-state index in [0.29, 0.717) is 22.3 Å². The first kappa shape index (κ1) is 19.3. The minimum atomic E-state index is -0.639. The largest absolute Gasteiger partial charge is 0.491 e. The van der Waals surface area contributed by atoms with E-state index in [1.165, 1.54) is 11.8 Å². The van der Waals surface area contributed by atoms with E-state index >= 15 is 0 Å². The Hall–Kier alpha value is -2.03. The third-order valence-electron chi connectivity index (χ3n) is 3.81. The zero-order valence-electron chi connectivity index (χ0n) is 15.1. The van der Waals surface area contributed by atoms with Crippen LogP contribution in [0.4, 0.5) is 0 Å². The molecule has 132 valence electrons. The van der Waals surface area contributed by atoms with Crippen molar-refractivity contribution >= 4 is 11.8 Å². The summed E-state index contributed by atoms with van der Waals surface area (Å²) in [6.45, 7) is 8.25. The summed E-state index contributed by atoms with van der Waals surface area (Å²) in [6.07, 6.45) is -0.639. The number of hydrogen-bond donors (Lipinski definition) is 1. The number of nitriles is 1. The molecule has 0 saturated heterocycles. The van der Waals surface area contributed by atoms with Crippen molar-refractivity contribution in [2.24, 2.45) is 0 Å². The third-order valence-corrected chi connectivity index (χ3v) is 4.93. The molecule has 2 aromatic rings. The zero-order chi connectivity index (χ0) is 18.4. The van der Waals surface area contributed by atoms with Crippen molar-refractivity contribution in [1.82, 2.24) is 4.98 Å². The highest BCUT2D eigenvalue weighted by molar-refractivity contribution is 7.99. The van der Waals surface area contributed by atoms with Crippen LogP contribution < -0.4 is 4.74 Å². The van der Waals surface area contributed by atoms with Crippen LogP contribution in [0.5, 0.6) is 5.75 Å². The number of aryl methyl sites for hydroxylation is 2. The maximum Gasteiger partial charge on any atom is 0.122 e. The summed E-state index contributed by atoms with van der Waals surface area (Å²) in [4.78, 5) is 4.42. The molecule has 0 amide bonds. The molecule has 2 rings (SSSR count). The summed E-state index contributed by atoms with van der Waals surface area (Å²) < 4.78 is 5.80. The molecule has 0 aliphatic heterocycles. The number of pyridine rings is 1. The monoisotopic (exact) mass is 356 g/mol. The van der Waals surface area contributed by atoms with E-state index in [0.717, 1.165) is 22.6 Å². The quantitative estimate of drug-likeness (QED) is 0.752. The van der Waals surface area contributed by atoms with Gasteiger partial charge >= 0.3 is 0 Å². The Balaban J connectivity index is 1.96. The fourth-order valence-electron chi connectivity index (χ4n) is 2.54. The first-order valence-electron chi connectivity index (χ1n) is 8.33. The number of para-hydroxylation sites is 1. The number of ether oxygens (including phenoxy) is 1. The first-order chi connectivity index (χ1) is 11.9. The minimum Gasteiger partial charge on any atom is -0.491 e. The molecule has 0 saturated carbocycles. The van der Waals surface area contributed by atoms with Gasteiger partial charge in [0.15, 0.2) is 0 Å². The Bertz CT molecular complexity index is 769. The molecule has 0 radical (unpaired) electrons. The van der Waals surface area contributed by atoms with Gasteiger partial charge in [0, 0.05) is 11.4 Å². The van der Waals surface area contributed by atoms with Crippen LogP contribution in [0, 0.1) is 25.2 Å². The van der Waals surface area contributed by atoms with Crippen LogP contribution in [0.1, 0.15) is 42.1 Å². The predicted molar refractivity (Wildman–Crippen MR) is 101 cm³/mol. The van der Waals surface area contributed by atoms with Gasteiger partial charge in [-0.15, -0.1) is 11.8 Å². The molecular formula is C20H24N2O2S. The average molecular weight is 356 g/mol. The third kappa shape index (κ3) is 5.22. The SMILES string of the molecule is Cc1cc(C)c(C#N)c(SCC(O)COc2ccccc2C(C)C)n1. The van der Waals surface area contributed by atoms with Gasteiger partial charge in [-0.25, -0.2) is 4.98 Å². The van der Waals surface area contributed by atoms with E-state index in [1.807, 2.05) is 44.2 Å². The van der Waals surface area contributed by atoms with Gasteiger partial charge in [-0.1, -0.05) is 32.0 Å². The highest BCUT2D eigenvalue weighted by atomic mass is 32.2. The van der Waals surface area contributed by atoms with E-state index in [2.05, 4.69) is 24.9 Å². The predicted octanol–water partition coefficient (Wildman–Crippen LogP) is 4.23. The van der Waals surface area contributed by atoms with Gasteiger partial charge in [0.2, 0.25) is 0 Å². The second kappa shape index (κ2) is 8.89. The number of aliphatic hydroxyl groups is 1. The molecule has 0 bridgehead atoms. The van der Waals surface area contributed by atoms with Crippen LogP contribution in [0.15, 0.2) is 35.4 Å². The number of benzene rings is 1. The Labute approximate surface area is 153 Å². The molecule has 0 spiro atoms. The van der Waals surface area contributed by atoms with Crippen LogP contribution in [0.25, 0.3) is 0 Å². The van der Waals surface area contributed by atoms with Crippen molar-refractivity contribution in [3.05, 3.63) is 52.7 Å². The second-order valence-corrected chi connectivity index (χ2v) is 7.35. The van der Waals surface area contributed by atoms with Gasteiger partial charge in [-0.3, -0.25) is 0 Å². The van der Waals surface area contributed by atoms with Crippen molar-refractivity contribution in [2.75, 3.05) is 12.4 Å². The lowest BCUT2D eigenvalue weighted by molar-refractivity contribution is 0.125. The number of nitrogens with zero attached hydrogens (tertiary/aromatic N) is 2. The molecule has 0 aliphatic carbocycles. The highest BCUT2D eigenvalue weighted by Gasteiger charge is 2.14. The molecule has 0 fully saturated rings. The molecule has 0 aliphatic rings. The molecule has 1 atom stereocenters. The zero-order valence-corrected chi connectivity index (χ0v) is 15.9. The van der Waals surface area contributed by atoms with Gasteiger partial charge < -0.3 is 9.84 Å². The molecule has 1 aromatic carbocycles. The van der Waals surface area contributed by atoms with Gasteiger partial charge in [0.05, 0.1) is 11.7 Å². The number of thioether (sulfide) groups is 1. The maximum absolute atomic E-state index is 10.2. The lowest BCUT2D eigenvalue weighted by Crippen LogP contribution is -2.20. The topological polar surface area (TPSA) is 66.1 Å². The Kier molecular flexibility index (Phi) is 6.86. The molecule has 1 heterocycles. The Morgan fingerprint density at radius 3 is 2.68 bits per heavy atom. The summed E-state index contributed by atoms with van der Waals surface area (Å²) in [5, 5.41) is 20.2. The maximum atomic E-state index is 10.2. The van der Waals surface area contributed by atoms with Gasteiger partial charge in [0.1, 0.15) is 23.5 Å². The van der Waals surface area contributed by atoms with Crippen molar-refractivity contribution in [3.63, 3.8) is 0 Å². The fraction of sp³-hybridized carbons (Fsp3) is 0.400. The smallest absolute Gasteiger partial charge is 0.122 e.